The standard InChI is InChI=1S/C15H17ClF3N3S/c1-9-3-2-4-11(7-9)21-22-14(23)20-13-8-10(15(17,18)19)5-6-12(13)16/h5-6,8-9H,2-4,7H2,1H3,(H2,20,22,23)/b21-11-/t9-/m1/s1. The molecule has 8 heteroatoms. The molecule has 0 aliphatic heterocycles. The SMILES string of the molecule is C[C@@H]1CCC/C(=N/NC(=S)Nc2cc(C(F)(F)F)ccc2Cl)C1. The number of halogens is 4. The van der Waals surface area contributed by atoms with Crippen LogP contribution in [0.4, 0.5) is 18.9 Å². The largest absolute Gasteiger partial charge is 0.416 e. The van der Waals surface area contributed by atoms with Gasteiger partial charge < -0.3 is 5.32 Å². The molecule has 2 rings (SSSR count). The van der Waals surface area contributed by atoms with Gasteiger partial charge in [-0.3, -0.25) is 5.43 Å². The Bertz CT molecular complexity index is 616. The Morgan fingerprint density at radius 2 is 2.13 bits per heavy atom. The van der Waals surface area contributed by atoms with Crippen LogP contribution in [0.1, 0.15) is 38.2 Å². The van der Waals surface area contributed by atoms with E-state index < -0.39 is 11.7 Å². The maximum absolute atomic E-state index is 12.7. The molecule has 3 nitrogen and oxygen atoms in total. The number of alkyl halides is 3. The number of thiocarbonyl (C=S) groups is 1. The molecule has 0 saturated heterocycles. The lowest BCUT2D eigenvalue weighted by molar-refractivity contribution is -0.137. The van der Waals surface area contributed by atoms with Crippen molar-refractivity contribution < 1.29 is 13.2 Å². The predicted molar refractivity (Wildman–Crippen MR) is 90.9 cm³/mol. The van der Waals surface area contributed by atoms with Crippen molar-refractivity contribution in [2.75, 3.05) is 5.32 Å². The van der Waals surface area contributed by atoms with Crippen molar-refractivity contribution in [3.05, 3.63) is 28.8 Å². The molecule has 0 spiro atoms. The molecule has 2 N–H and O–H groups in total. The van der Waals surface area contributed by atoms with E-state index in [2.05, 4.69) is 22.8 Å². The minimum atomic E-state index is -4.44. The highest BCUT2D eigenvalue weighted by Gasteiger charge is 2.31. The van der Waals surface area contributed by atoms with E-state index in [-0.39, 0.29) is 15.8 Å². The molecule has 0 unspecified atom stereocenters. The molecule has 0 aromatic heterocycles. The first-order valence-electron chi connectivity index (χ1n) is 7.25. The number of nitrogens with zero attached hydrogens (tertiary/aromatic N) is 1. The first kappa shape index (κ1) is 18.0. The molecule has 0 heterocycles. The van der Waals surface area contributed by atoms with Gasteiger partial charge in [0.05, 0.1) is 16.3 Å². The van der Waals surface area contributed by atoms with E-state index in [0.29, 0.717) is 5.92 Å². The number of hydrogen-bond acceptors (Lipinski definition) is 2. The zero-order valence-corrected chi connectivity index (χ0v) is 14.1. The molecule has 23 heavy (non-hydrogen) atoms. The van der Waals surface area contributed by atoms with E-state index in [0.717, 1.165) is 37.1 Å². The van der Waals surface area contributed by atoms with Gasteiger partial charge in [-0.05, 0) is 62.0 Å². The summed E-state index contributed by atoms with van der Waals surface area (Å²) >= 11 is 11.0. The van der Waals surface area contributed by atoms with Crippen molar-refractivity contribution >= 4 is 40.3 Å². The zero-order valence-electron chi connectivity index (χ0n) is 12.5. The summed E-state index contributed by atoms with van der Waals surface area (Å²) in [6, 6.07) is 3.03. The van der Waals surface area contributed by atoms with Gasteiger partial charge in [0.25, 0.3) is 0 Å². The Hall–Kier alpha value is -1.34. The van der Waals surface area contributed by atoms with Crippen LogP contribution in [-0.2, 0) is 6.18 Å². The van der Waals surface area contributed by atoms with Crippen molar-refractivity contribution in [3.8, 4) is 0 Å². The fourth-order valence-electron chi connectivity index (χ4n) is 2.44. The Morgan fingerprint density at radius 3 is 2.78 bits per heavy atom. The highest BCUT2D eigenvalue weighted by Crippen LogP contribution is 2.33. The summed E-state index contributed by atoms with van der Waals surface area (Å²) in [4.78, 5) is 0. The van der Waals surface area contributed by atoms with Crippen LogP contribution in [-0.4, -0.2) is 10.8 Å². The molecule has 1 saturated carbocycles. The molecule has 126 valence electrons. The van der Waals surface area contributed by atoms with Crippen molar-refractivity contribution in [2.24, 2.45) is 11.0 Å². The average molecular weight is 364 g/mol. The van der Waals surface area contributed by atoms with Crippen LogP contribution >= 0.6 is 23.8 Å². The maximum Gasteiger partial charge on any atom is 0.416 e. The smallest absolute Gasteiger partial charge is 0.330 e. The molecule has 0 amide bonds. The Balaban J connectivity index is 2.01. The van der Waals surface area contributed by atoms with Gasteiger partial charge in [0.2, 0.25) is 0 Å². The van der Waals surface area contributed by atoms with Gasteiger partial charge in [0.1, 0.15) is 0 Å². The topological polar surface area (TPSA) is 36.4 Å². The number of nitrogens with one attached hydrogen (secondary N) is 2. The molecule has 0 radical (unpaired) electrons. The number of hydrazone groups is 1. The zero-order chi connectivity index (χ0) is 17.0. The molecule has 1 aliphatic carbocycles. The Morgan fingerprint density at radius 1 is 1.39 bits per heavy atom. The molecule has 1 atom stereocenters. The highest BCUT2D eigenvalue weighted by atomic mass is 35.5. The first-order chi connectivity index (χ1) is 10.8. The van der Waals surface area contributed by atoms with Gasteiger partial charge in [0.15, 0.2) is 5.11 Å². The summed E-state index contributed by atoms with van der Waals surface area (Å²) < 4.78 is 38.2. The van der Waals surface area contributed by atoms with E-state index in [9.17, 15) is 13.2 Å². The number of anilines is 1. The lowest BCUT2D eigenvalue weighted by Crippen LogP contribution is -2.26. The normalized spacial score (nSPS) is 20.4. The Kier molecular flexibility index (Phi) is 5.86. The number of rotatable bonds is 2. The highest BCUT2D eigenvalue weighted by molar-refractivity contribution is 7.80. The van der Waals surface area contributed by atoms with Crippen molar-refractivity contribution in [1.29, 1.82) is 0 Å². The van der Waals surface area contributed by atoms with Gasteiger partial charge in [0, 0.05) is 5.71 Å². The van der Waals surface area contributed by atoms with Crippen molar-refractivity contribution in [1.82, 2.24) is 5.43 Å². The molecular formula is C15H17ClF3N3S. The monoisotopic (exact) mass is 363 g/mol. The molecule has 1 aromatic rings. The molecule has 0 bridgehead atoms. The van der Waals surface area contributed by atoms with Gasteiger partial charge in [-0.2, -0.15) is 18.3 Å². The van der Waals surface area contributed by atoms with Crippen LogP contribution in [0.5, 0.6) is 0 Å². The number of benzene rings is 1. The lowest BCUT2D eigenvalue weighted by atomic mass is 9.89. The van der Waals surface area contributed by atoms with Crippen LogP contribution in [0.15, 0.2) is 23.3 Å². The minimum Gasteiger partial charge on any atom is -0.330 e. The second kappa shape index (κ2) is 7.49. The maximum atomic E-state index is 12.7. The fraction of sp³-hybridized carbons (Fsp3) is 0.467. The number of hydrogen-bond donors (Lipinski definition) is 2. The molecule has 1 fully saturated rings. The summed E-state index contributed by atoms with van der Waals surface area (Å²) in [5, 5.41) is 7.15. The molecular weight excluding hydrogens is 347 g/mol. The second-order valence-electron chi connectivity index (χ2n) is 5.64. The van der Waals surface area contributed by atoms with Crippen LogP contribution in [0.3, 0.4) is 0 Å². The third kappa shape index (κ3) is 5.35. The van der Waals surface area contributed by atoms with Gasteiger partial charge in [-0.1, -0.05) is 18.5 Å². The summed E-state index contributed by atoms with van der Waals surface area (Å²) in [5.74, 6) is 0.587. The van der Waals surface area contributed by atoms with E-state index >= 15 is 0 Å². The van der Waals surface area contributed by atoms with E-state index in [1.165, 1.54) is 12.5 Å². The van der Waals surface area contributed by atoms with Crippen LogP contribution in [0.25, 0.3) is 0 Å². The van der Waals surface area contributed by atoms with E-state index in [1.807, 2.05) is 0 Å². The predicted octanol–water partition coefficient (Wildman–Crippen LogP) is 5.21. The summed E-state index contributed by atoms with van der Waals surface area (Å²) in [6.45, 7) is 2.16. The van der Waals surface area contributed by atoms with Crippen LogP contribution in [0, 0.1) is 5.92 Å². The minimum absolute atomic E-state index is 0.0937. The van der Waals surface area contributed by atoms with E-state index in [4.69, 9.17) is 23.8 Å². The lowest BCUT2D eigenvalue weighted by Gasteiger charge is -2.19. The summed E-state index contributed by atoms with van der Waals surface area (Å²) in [5.41, 5.74) is 2.99. The first-order valence-corrected chi connectivity index (χ1v) is 8.03. The molecule has 1 aliphatic rings. The fourth-order valence-corrected chi connectivity index (χ4v) is 2.76. The van der Waals surface area contributed by atoms with Crippen LogP contribution < -0.4 is 10.7 Å². The third-order valence-electron chi connectivity index (χ3n) is 3.60. The quantitative estimate of drug-likeness (QED) is 0.559. The third-order valence-corrected chi connectivity index (χ3v) is 4.13. The van der Waals surface area contributed by atoms with E-state index in [1.54, 1.807) is 0 Å². The average Bonchev–Trinajstić information content (AvgIpc) is 2.46. The Labute approximate surface area is 143 Å². The van der Waals surface area contributed by atoms with Crippen molar-refractivity contribution in [2.45, 2.75) is 38.8 Å². The van der Waals surface area contributed by atoms with Crippen LogP contribution in [0.2, 0.25) is 5.02 Å². The van der Waals surface area contributed by atoms with Gasteiger partial charge in [-0.25, -0.2) is 0 Å². The van der Waals surface area contributed by atoms with Crippen molar-refractivity contribution in [3.63, 3.8) is 0 Å². The summed E-state index contributed by atoms with van der Waals surface area (Å²) in [6.07, 6.45) is -0.360. The van der Waals surface area contributed by atoms with Gasteiger partial charge >= 0.3 is 6.18 Å². The second-order valence-corrected chi connectivity index (χ2v) is 6.45. The molecule has 1 aromatic carbocycles. The van der Waals surface area contributed by atoms with Gasteiger partial charge in [-0.15, -0.1) is 0 Å². The summed E-state index contributed by atoms with van der Waals surface area (Å²) in [7, 11) is 0.